The quantitative estimate of drug-likeness (QED) is 0.278. The van der Waals surface area contributed by atoms with Gasteiger partial charge < -0.3 is 10.1 Å². The number of aromatic nitrogens is 2. The lowest BCUT2D eigenvalue weighted by atomic mass is 10.2. The summed E-state index contributed by atoms with van der Waals surface area (Å²) < 4.78 is 8.94. The van der Waals surface area contributed by atoms with Gasteiger partial charge in [0.1, 0.15) is 0 Å². The minimum Gasteiger partial charge on any atom is -0.462 e. The molecule has 9 nitrogen and oxygen atoms in total. The number of benzene rings is 2. The number of rotatable bonds is 7. The molecule has 156 valence electrons. The lowest BCUT2D eigenvalue weighted by molar-refractivity contribution is -0.674. The molecule has 9 heteroatoms. The highest BCUT2D eigenvalue weighted by atomic mass is 16.6. The highest BCUT2D eigenvalue weighted by Crippen LogP contribution is 2.19. The maximum Gasteiger partial charge on any atom is 0.338 e. The number of hydrogen-bond acceptors (Lipinski definition) is 5. The number of hydrogen-bond donors (Lipinski definition) is 1. The minimum absolute atomic E-state index is 0.00962. The van der Waals surface area contributed by atoms with Crippen molar-refractivity contribution in [2.75, 3.05) is 11.9 Å². The topological polar surface area (TPSA) is 107 Å². The Labute approximate surface area is 173 Å². The summed E-state index contributed by atoms with van der Waals surface area (Å²) in [7, 11) is 0. The first-order chi connectivity index (χ1) is 14.3. The van der Waals surface area contributed by atoms with Crippen LogP contribution >= 0.6 is 0 Å². The molecule has 0 fully saturated rings. The van der Waals surface area contributed by atoms with E-state index < -0.39 is 10.9 Å². The van der Waals surface area contributed by atoms with Gasteiger partial charge in [-0.05, 0) is 32.0 Å². The third-order valence-electron chi connectivity index (χ3n) is 4.81. The molecule has 1 aromatic heterocycles. The first kappa shape index (κ1) is 21.0. The zero-order chi connectivity index (χ0) is 21.8. The molecule has 1 N–H and O–H groups in total. The van der Waals surface area contributed by atoms with Gasteiger partial charge in [0.2, 0.25) is 0 Å². The van der Waals surface area contributed by atoms with Crippen molar-refractivity contribution in [1.82, 2.24) is 4.57 Å². The van der Waals surface area contributed by atoms with E-state index in [1.807, 2.05) is 29.0 Å². The molecule has 1 heterocycles. The number of ether oxygens (including phenoxy) is 1. The summed E-state index contributed by atoms with van der Waals surface area (Å²) in [6, 6.07) is 11.0. The number of nitrogens with one attached hydrogen (secondary N) is 1. The van der Waals surface area contributed by atoms with Gasteiger partial charge in [0.05, 0.1) is 23.6 Å². The van der Waals surface area contributed by atoms with Gasteiger partial charge in [-0.1, -0.05) is 6.07 Å². The number of imidazole rings is 1. The number of esters is 1. The van der Waals surface area contributed by atoms with Crippen molar-refractivity contribution in [3.8, 4) is 0 Å². The Bertz CT molecular complexity index is 1140. The van der Waals surface area contributed by atoms with E-state index in [4.69, 9.17) is 4.74 Å². The third kappa shape index (κ3) is 4.14. The standard InChI is InChI=1S/C21H22N4O5/c1-4-23-14(3)24(19-11-15(9-10-18(19)23)21(27)30-5-2)13-20(26)22-16-7-6-8-17(12-16)25(28)29/h6-12H,4-5,13H2,1-3H3/p+1. The monoisotopic (exact) mass is 411 g/mol. The van der Waals surface area contributed by atoms with E-state index in [1.165, 1.54) is 18.2 Å². The van der Waals surface area contributed by atoms with E-state index in [2.05, 4.69) is 5.32 Å². The summed E-state index contributed by atoms with van der Waals surface area (Å²) in [6.07, 6.45) is 0. The average molecular weight is 411 g/mol. The summed E-state index contributed by atoms with van der Waals surface area (Å²) >= 11 is 0. The molecular formula is C21H23N4O5+. The van der Waals surface area contributed by atoms with Crippen LogP contribution < -0.4 is 9.88 Å². The van der Waals surface area contributed by atoms with Crippen molar-refractivity contribution >= 4 is 34.3 Å². The SMILES string of the molecule is CCOC(=O)c1ccc2c(c1)n(CC(=O)Nc1cccc([N+](=O)[O-])c1)c(C)[n+]2CC. The molecule has 0 aliphatic carbocycles. The fraction of sp³-hybridized carbons (Fsp3) is 0.286. The lowest BCUT2D eigenvalue weighted by Gasteiger charge is -2.05. The highest BCUT2D eigenvalue weighted by molar-refractivity contribution is 5.94. The van der Waals surface area contributed by atoms with Gasteiger partial charge in [0, 0.05) is 30.8 Å². The highest BCUT2D eigenvalue weighted by Gasteiger charge is 2.24. The van der Waals surface area contributed by atoms with Crippen LogP contribution in [0.2, 0.25) is 0 Å². The zero-order valence-corrected chi connectivity index (χ0v) is 17.0. The molecule has 2 aromatic carbocycles. The number of non-ortho nitro benzene ring substituents is 1. The molecule has 30 heavy (non-hydrogen) atoms. The third-order valence-corrected chi connectivity index (χ3v) is 4.81. The van der Waals surface area contributed by atoms with Gasteiger partial charge in [0.25, 0.3) is 17.4 Å². The van der Waals surface area contributed by atoms with Crippen molar-refractivity contribution in [3.05, 3.63) is 64.0 Å². The van der Waals surface area contributed by atoms with Crippen LogP contribution in [-0.4, -0.2) is 28.0 Å². The molecule has 0 saturated heterocycles. The smallest absolute Gasteiger partial charge is 0.338 e. The molecule has 0 radical (unpaired) electrons. The fourth-order valence-corrected chi connectivity index (χ4v) is 3.44. The Hall–Kier alpha value is -3.75. The summed E-state index contributed by atoms with van der Waals surface area (Å²) in [5, 5.41) is 13.6. The second kappa shape index (κ2) is 8.73. The van der Waals surface area contributed by atoms with Crippen molar-refractivity contribution in [1.29, 1.82) is 0 Å². The van der Waals surface area contributed by atoms with E-state index >= 15 is 0 Å². The maximum atomic E-state index is 12.7. The lowest BCUT2D eigenvalue weighted by Crippen LogP contribution is -2.35. The van der Waals surface area contributed by atoms with Gasteiger partial charge in [-0.2, -0.15) is 0 Å². The number of anilines is 1. The Morgan fingerprint density at radius 1 is 1.20 bits per heavy atom. The molecule has 0 aliphatic heterocycles. The molecule has 0 saturated carbocycles. The number of nitro benzene ring substituents is 1. The number of fused-ring (bicyclic) bond motifs is 1. The van der Waals surface area contributed by atoms with Crippen molar-refractivity contribution in [3.63, 3.8) is 0 Å². The van der Waals surface area contributed by atoms with Gasteiger partial charge >= 0.3 is 5.97 Å². The molecule has 0 unspecified atom stereocenters. The van der Waals surface area contributed by atoms with E-state index in [0.29, 0.717) is 17.8 Å². The average Bonchev–Trinajstić information content (AvgIpc) is 2.98. The van der Waals surface area contributed by atoms with Gasteiger partial charge in [-0.15, -0.1) is 0 Å². The number of carbonyl (C=O) groups is 2. The number of aryl methyl sites for hydroxylation is 1. The van der Waals surface area contributed by atoms with E-state index in [1.54, 1.807) is 25.1 Å². The Morgan fingerprint density at radius 2 is 1.97 bits per heavy atom. The molecule has 0 spiro atoms. The van der Waals surface area contributed by atoms with Crippen LogP contribution in [0.3, 0.4) is 0 Å². The summed E-state index contributed by atoms with van der Waals surface area (Å²) in [6.45, 7) is 6.60. The molecule has 1 amide bonds. The van der Waals surface area contributed by atoms with Gasteiger partial charge in [0.15, 0.2) is 17.6 Å². The molecule has 0 bridgehead atoms. The number of carbonyl (C=O) groups excluding carboxylic acids is 2. The van der Waals surface area contributed by atoms with Crippen LogP contribution in [0.4, 0.5) is 11.4 Å². The largest absolute Gasteiger partial charge is 0.462 e. The molecule has 3 aromatic rings. The first-order valence-corrected chi connectivity index (χ1v) is 9.59. The van der Waals surface area contributed by atoms with Crippen LogP contribution in [-0.2, 0) is 22.6 Å². The Balaban J connectivity index is 1.94. The van der Waals surface area contributed by atoms with E-state index in [9.17, 15) is 19.7 Å². The van der Waals surface area contributed by atoms with Crippen LogP contribution in [0.1, 0.15) is 30.0 Å². The predicted molar refractivity (Wildman–Crippen MR) is 110 cm³/mol. The Kier molecular flexibility index (Phi) is 6.10. The maximum absolute atomic E-state index is 12.7. The molecule has 0 atom stereocenters. The van der Waals surface area contributed by atoms with Crippen molar-refractivity contribution in [2.24, 2.45) is 0 Å². The number of nitrogens with zero attached hydrogens (tertiary/aromatic N) is 3. The van der Waals surface area contributed by atoms with Gasteiger partial charge in [-0.25, -0.2) is 13.9 Å². The summed E-state index contributed by atoms with van der Waals surface area (Å²) in [5.41, 5.74) is 2.28. The Morgan fingerprint density at radius 3 is 2.63 bits per heavy atom. The van der Waals surface area contributed by atoms with Crippen LogP contribution in [0.15, 0.2) is 42.5 Å². The number of amides is 1. The molecule has 3 rings (SSSR count). The van der Waals surface area contributed by atoms with E-state index in [0.717, 1.165) is 16.9 Å². The summed E-state index contributed by atoms with van der Waals surface area (Å²) in [4.78, 5) is 35.2. The second-order valence-electron chi connectivity index (χ2n) is 6.66. The second-order valence-corrected chi connectivity index (χ2v) is 6.66. The van der Waals surface area contributed by atoms with Crippen molar-refractivity contribution in [2.45, 2.75) is 33.9 Å². The normalized spacial score (nSPS) is 10.8. The first-order valence-electron chi connectivity index (χ1n) is 9.59. The van der Waals surface area contributed by atoms with Crippen LogP contribution in [0.5, 0.6) is 0 Å². The fourth-order valence-electron chi connectivity index (χ4n) is 3.44. The van der Waals surface area contributed by atoms with Gasteiger partial charge in [-0.3, -0.25) is 14.9 Å². The van der Waals surface area contributed by atoms with Crippen LogP contribution in [0.25, 0.3) is 11.0 Å². The molecular weight excluding hydrogens is 388 g/mol. The minimum atomic E-state index is -0.514. The number of nitro groups is 1. The predicted octanol–water partition coefficient (Wildman–Crippen LogP) is 2.98. The van der Waals surface area contributed by atoms with E-state index in [-0.39, 0.29) is 24.7 Å². The zero-order valence-electron chi connectivity index (χ0n) is 17.0. The van der Waals surface area contributed by atoms with Crippen molar-refractivity contribution < 1.29 is 23.8 Å². The van der Waals surface area contributed by atoms with Crippen LogP contribution in [0, 0.1) is 17.0 Å². The molecule has 0 aliphatic rings. The summed E-state index contributed by atoms with van der Waals surface area (Å²) in [5.74, 6) is 0.0943.